The number of aromatic nitrogens is 6. The molecule has 4 aromatic heterocycles. The monoisotopic (exact) mass is 615 g/mol. The van der Waals surface area contributed by atoms with Crippen LogP contribution in [0.25, 0.3) is 10.2 Å². The molecule has 0 radical (unpaired) electrons. The van der Waals surface area contributed by atoms with Gasteiger partial charge in [0.1, 0.15) is 29.2 Å². The number of rotatable bonds is 8. The van der Waals surface area contributed by atoms with Crippen molar-refractivity contribution >= 4 is 61.0 Å². The summed E-state index contributed by atoms with van der Waals surface area (Å²) in [6, 6.07) is 5.82. The van der Waals surface area contributed by atoms with Crippen LogP contribution >= 0.6 is 27.3 Å². The zero-order valence-electron chi connectivity index (χ0n) is 20.5. The van der Waals surface area contributed by atoms with Crippen LogP contribution in [0.2, 0.25) is 0 Å². The molecular formula is C24H23BrFN9O3S. The van der Waals surface area contributed by atoms with E-state index in [1.54, 1.807) is 22.9 Å². The minimum absolute atomic E-state index is 0.0473. The third-order valence-electron chi connectivity index (χ3n) is 6.71. The highest BCUT2D eigenvalue weighted by Crippen LogP contribution is 2.38. The molecule has 202 valence electrons. The van der Waals surface area contributed by atoms with Crippen molar-refractivity contribution in [2.45, 2.75) is 50.5 Å². The first-order valence-electron chi connectivity index (χ1n) is 12.3. The number of amides is 3. The molecule has 39 heavy (non-hydrogen) atoms. The molecule has 1 unspecified atom stereocenters. The highest BCUT2D eigenvalue weighted by molar-refractivity contribution is 9.10. The summed E-state index contributed by atoms with van der Waals surface area (Å²) in [7, 11) is 0. The maximum atomic E-state index is 14.4. The molecule has 3 amide bonds. The lowest BCUT2D eigenvalue weighted by Gasteiger charge is -2.23. The molecule has 0 spiro atoms. The second kappa shape index (κ2) is 10.1. The topological polar surface area (TPSA) is 154 Å². The van der Waals surface area contributed by atoms with Crippen LogP contribution in [0.5, 0.6) is 0 Å². The smallest absolute Gasteiger partial charge is 0.270 e. The zero-order valence-corrected chi connectivity index (χ0v) is 22.9. The van der Waals surface area contributed by atoms with E-state index in [1.807, 2.05) is 12.3 Å². The van der Waals surface area contributed by atoms with Crippen molar-refractivity contribution in [1.29, 1.82) is 0 Å². The first-order chi connectivity index (χ1) is 18.7. The standard InChI is InChI=1S/C24H23BrFN9O3S/c25-18-2-1-3-19(28-18)29-24(38)17-6-13(26)8-34(17)20(36)11-35-16-7-14(39-22(16)21(31-35)23(27)37)9-33-10-15(30-32-33)12-4-5-12/h1-3,7,10,12-13,17H,4-6,8-9,11H2,(H2,27,37)(H,28,29,38)/t13-,17?/m1/s1. The van der Waals surface area contributed by atoms with Gasteiger partial charge < -0.3 is 16.0 Å². The number of fused-ring (bicyclic) bond motifs is 1. The highest BCUT2D eigenvalue weighted by Gasteiger charge is 2.40. The minimum Gasteiger partial charge on any atom is -0.364 e. The van der Waals surface area contributed by atoms with Crippen molar-refractivity contribution in [3.63, 3.8) is 0 Å². The van der Waals surface area contributed by atoms with Gasteiger partial charge >= 0.3 is 0 Å². The Morgan fingerprint density at radius 1 is 1.26 bits per heavy atom. The molecule has 1 aliphatic heterocycles. The van der Waals surface area contributed by atoms with Gasteiger partial charge in [-0.3, -0.25) is 19.1 Å². The van der Waals surface area contributed by atoms with E-state index in [0.717, 1.165) is 23.4 Å². The summed E-state index contributed by atoms with van der Waals surface area (Å²) in [5.41, 5.74) is 7.14. The molecule has 0 aromatic carbocycles. The van der Waals surface area contributed by atoms with E-state index in [1.165, 1.54) is 20.9 Å². The Morgan fingerprint density at radius 3 is 2.82 bits per heavy atom. The van der Waals surface area contributed by atoms with Gasteiger partial charge in [-0.1, -0.05) is 11.3 Å². The van der Waals surface area contributed by atoms with Crippen LogP contribution in [0.4, 0.5) is 10.2 Å². The number of nitrogens with one attached hydrogen (secondary N) is 1. The Balaban J connectivity index is 1.22. The third kappa shape index (κ3) is 5.28. The number of likely N-dealkylation sites (tertiary alicyclic amines) is 1. The first-order valence-corrected chi connectivity index (χ1v) is 13.9. The molecule has 12 nitrogen and oxygen atoms in total. The van der Waals surface area contributed by atoms with Crippen molar-refractivity contribution in [1.82, 2.24) is 34.7 Å². The molecule has 2 fully saturated rings. The van der Waals surface area contributed by atoms with Crippen molar-refractivity contribution in [2.75, 3.05) is 11.9 Å². The fourth-order valence-corrected chi connectivity index (χ4v) is 6.18. The Kier molecular flexibility index (Phi) is 6.62. The normalized spacial score (nSPS) is 19.1. The number of hydrogen-bond acceptors (Lipinski definition) is 8. The number of halogens is 2. The molecule has 2 atom stereocenters. The number of primary amides is 1. The van der Waals surface area contributed by atoms with E-state index in [2.05, 4.69) is 41.6 Å². The Hall–Kier alpha value is -3.72. The molecule has 6 rings (SSSR count). The molecular weight excluding hydrogens is 593 g/mol. The van der Waals surface area contributed by atoms with Crippen molar-refractivity contribution < 1.29 is 18.8 Å². The second-order valence-corrected chi connectivity index (χ2v) is 11.6. The average molecular weight is 616 g/mol. The maximum Gasteiger partial charge on any atom is 0.270 e. The van der Waals surface area contributed by atoms with Crippen LogP contribution in [-0.4, -0.2) is 71.1 Å². The van der Waals surface area contributed by atoms with E-state index in [9.17, 15) is 18.8 Å². The SMILES string of the molecule is NC(=O)c1nn(CC(=O)N2C[C@H](F)CC2C(=O)Nc2cccc(Br)n2)c2cc(Cn3cc(C4CC4)nn3)sc12. The highest BCUT2D eigenvalue weighted by atomic mass is 79.9. The number of alkyl halides is 1. The summed E-state index contributed by atoms with van der Waals surface area (Å²) in [6.45, 7) is -0.0755. The number of carbonyl (C=O) groups excluding carboxylic acids is 3. The van der Waals surface area contributed by atoms with Gasteiger partial charge in [-0.05, 0) is 47.0 Å². The Labute approximate surface area is 233 Å². The van der Waals surface area contributed by atoms with Gasteiger partial charge in [0.15, 0.2) is 5.69 Å². The second-order valence-electron chi connectivity index (χ2n) is 9.64. The summed E-state index contributed by atoms with van der Waals surface area (Å²) in [6.07, 6.45) is 2.68. The number of carbonyl (C=O) groups is 3. The van der Waals surface area contributed by atoms with Gasteiger partial charge in [0.25, 0.3) is 5.91 Å². The molecule has 1 aliphatic carbocycles. The predicted molar refractivity (Wildman–Crippen MR) is 143 cm³/mol. The van der Waals surface area contributed by atoms with Gasteiger partial charge in [-0.25, -0.2) is 14.1 Å². The fourth-order valence-electron chi connectivity index (χ4n) is 4.70. The summed E-state index contributed by atoms with van der Waals surface area (Å²) < 4.78 is 18.6. The third-order valence-corrected chi connectivity index (χ3v) is 8.26. The van der Waals surface area contributed by atoms with Crippen LogP contribution in [0.3, 0.4) is 0 Å². The molecule has 5 heterocycles. The van der Waals surface area contributed by atoms with Crippen molar-refractivity contribution in [3.05, 3.63) is 51.3 Å². The van der Waals surface area contributed by atoms with Crippen LogP contribution in [0.15, 0.2) is 35.1 Å². The van der Waals surface area contributed by atoms with Gasteiger partial charge in [0.2, 0.25) is 11.8 Å². The molecule has 1 saturated carbocycles. The lowest BCUT2D eigenvalue weighted by atomic mass is 10.2. The molecule has 0 bridgehead atoms. The Morgan fingerprint density at radius 2 is 2.08 bits per heavy atom. The van der Waals surface area contributed by atoms with Crippen molar-refractivity contribution in [2.24, 2.45) is 5.73 Å². The molecule has 1 saturated heterocycles. The zero-order chi connectivity index (χ0) is 27.3. The summed E-state index contributed by atoms with van der Waals surface area (Å²) in [5.74, 6) is -0.996. The van der Waals surface area contributed by atoms with E-state index in [0.29, 0.717) is 27.3 Å². The largest absolute Gasteiger partial charge is 0.364 e. The van der Waals surface area contributed by atoms with Gasteiger partial charge in [-0.15, -0.1) is 16.4 Å². The quantitative estimate of drug-likeness (QED) is 0.289. The van der Waals surface area contributed by atoms with Crippen LogP contribution < -0.4 is 11.1 Å². The number of pyridine rings is 1. The molecule has 3 N–H and O–H groups in total. The van der Waals surface area contributed by atoms with Gasteiger partial charge in [0.05, 0.1) is 29.0 Å². The van der Waals surface area contributed by atoms with Crippen LogP contribution in [-0.2, 0) is 22.7 Å². The van der Waals surface area contributed by atoms with Crippen molar-refractivity contribution in [3.8, 4) is 0 Å². The first kappa shape index (κ1) is 25.6. The Bertz CT molecular complexity index is 1600. The fraction of sp³-hybridized carbons (Fsp3) is 0.375. The van der Waals surface area contributed by atoms with Crippen LogP contribution in [0, 0.1) is 0 Å². The van der Waals surface area contributed by atoms with E-state index in [-0.39, 0.29) is 31.0 Å². The minimum atomic E-state index is -1.35. The molecule has 2 aliphatic rings. The predicted octanol–water partition coefficient (Wildman–Crippen LogP) is 2.45. The maximum absolute atomic E-state index is 14.4. The average Bonchev–Trinajstić information content (AvgIpc) is 3.18. The lowest BCUT2D eigenvalue weighted by molar-refractivity contribution is -0.137. The lowest BCUT2D eigenvalue weighted by Crippen LogP contribution is -2.44. The summed E-state index contributed by atoms with van der Waals surface area (Å²) in [4.78, 5) is 44.6. The van der Waals surface area contributed by atoms with Crippen LogP contribution in [0.1, 0.15) is 46.2 Å². The van der Waals surface area contributed by atoms with Gasteiger partial charge in [0, 0.05) is 23.4 Å². The van der Waals surface area contributed by atoms with Gasteiger partial charge in [-0.2, -0.15) is 5.10 Å². The van der Waals surface area contributed by atoms with E-state index in [4.69, 9.17) is 5.73 Å². The molecule has 15 heteroatoms. The summed E-state index contributed by atoms with van der Waals surface area (Å²) in [5, 5.41) is 15.3. The number of nitrogens with zero attached hydrogens (tertiary/aromatic N) is 7. The number of hydrogen-bond donors (Lipinski definition) is 2. The number of nitrogens with two attached hydrogens (primary N) is 1. The summed E-state index contributed by atoms with van der Waals surface area (Å²) >= 11 is 4.58. The van der Waals surface area contributed by atoms with E-state index < -0.39 is 29.9 Å². The number of thiophene rings is 1. The number of anilines is 1. The molecule has 4 aromatic rings. The van der Waals surface area contributed by atoms with E-state index >= 15 is 0 Å².